The van der Waals surface area contributed by atoms with Crippen LogP contribution in [0.4, 0.5) is 4.39 Å². The summed E-state index contributed by atoms with van der Waals surface area (Å²) in [4.78, 5) is 12.6. The van der Waals surface area contributed by atoms with Gasteiger partial charge in [0.25, 0.3) is 0 Å². The van der Waals surface area contributed by atoms with Crippen LogP contribution in [0.2, 0.25) is 0 Å². The number of halogens is 1. The zero-order valence-corrected chi connectivity index (χ0v) is 14.7. The van der Waals surface area contributed by atoms with Gasteiger partial charge in [0.2, 0.25) is 5.78 Å². The molecule has 1 aliphatic heterocycles. The van der Waals surface area contributed by atoms with Gasteiger partial charge in [-0.1, -0.05) is 36.4 Å². The molecule has 0 saturated heterocycles. The van der Waals surface area contributed by atoms with E-state index in [1.807, 2.05) is 31.2 Å². The second-order valence-corrected chi connectivity index (χ2v) is 6.37. The highest BCUT2D eigenvalue weighted by atomic mass is 19.1. The normalized spacial score (nSPS) is 14.1. The standard InChI is InChI=1S/C23H17FO3/c1-15-4-2-3-5-17(15)12-22-23(25)20-11-10-19(13-21(20)27-22)26-14-16-6-8-18(24)9-7-16/h2-13H,14H2,1H3/b22-12+. The van der Waals surface area contributed by atoms with Crippen LogP contribution in [-0.2, 0) is 6.61 Å². The predicted octanol–water partition coefficient (Wildman–Crippen LogP) is 5.33. The van der Waals surface area contributed by atoms with Gasteiger partial charge in [0.1, 0.15) is 23.9 Å². The molecule has 4 heteroatoms. The Morgan fingerprint density at radius 3 is 2.59 bits per heavy atom. The van der Waals surface area contributed by atoms with Crippen molar-refractivity contribution in [3.63, 3.8) is 0 Å². The van der Waals surface area contributed by atoms with Crippen LogP contribution in [0.1, 0.15) is 27.0 Å². The maximum atomic E-state index is 13.0. The number of carbonyl (C=O) groups is 1. The van der Waals surface area contributed by atoms with Crippen LogP contribution < -0.4 is 9.47 Å². The maximum Gasteiger partial charge on any atom is 0.231 e. The van der Waals surface area contributed by atoms with Crippen LogP contribution in [0.3, 0.4) is 0 Å². The number of allylic oxidation sites excluding steroid dienone is 1. The van der Waals surface area contributed by atoms with Crippen molar-refractivity contribution in [3.8, 4) is 11.5 Å². The number of hydrogen-bond donors (Lipinski definition) is 0. The molecule has 4 rings (SSSR count). The van der Waals surface area contributed by atoms with E-state index < -0.39 is 0 Å². The molecule has 0 bridgehead atoms. The van der Waals surface area contributed by atoms with Crippen LogP contribution in [0.25, 0.3) is 6.08 Å². The van der Waals surface area contributed by atoms with Gasteiger partial charge >= 0.3 is 0 Å². The minimum absolute atomic E-state index is 0.140. The number of fused-ring (bicyclic) bond motifs is 1. The molecule has 3 aromatic carbocycles. The number of ketones is 1. The van der Waals surface area contributed by atoms with E-state index in [-0.39, 0.29) is 11.6 Å². The summed E-state index contributed by atoms with van der Waals surface area (Å²) < 4.78 is 24.5. The first-order valence-corrected chi connectivity index (χ1v) is 8.61. The Morgan fingerprint density at radius 1 is 1.04 bits per heavy atom. The van der Waals surface area contributed by atoms with Crippen molar-refractivity contribution in [2.24, 2.45) is 0 Å². The van der Waals surface area contributed by atoms with Crippen molar-refractivity contribution in [2.75, 3.05) is 0 Å². The lowest BCUT2D eigenvalue weighted by Gasteiger charge is -2.07. The van der Waals surface area contributed by atoms with E-state index in [9.17, 15) is 9.18 Å². The van der Waals surface area contributed by atoms with Gasteiger partial charge in [-0.3, -0.25) is 4.79 Å². The number of ether oxygens (including phenoxy) is 2. The summed E-state index contributed by atoms with van der Waals surface area (Å²) in [5.41, 5.74) is 3.39. The molecule has 0 aromatic heterocycles. The zero-order valence-electron chi connectivity index (χ0n) is 14.7. The number of aryl methyl sites for hydroxylation is 1. The van der Waals surface area contributed by atoms with Crippen molar-refractivity contribution in [2.45, 2.75) is 13.5 Å². The quantitative estimate of drug-likeness (QED) is 0.590. The molecule has 0 aliphatic carbocycles. The SMILES string of the molecule is Cc1ccccc1/C=C1/Oc2cc(OCc3ccc(F)cc3)ccc2C1=O. The maximum absolute atomic E-state index is 13.0. The Balaban J connectivity index is 1.52. The number of hydrogen-bond acceptors (Lipinski definition) is 3. The molecule has 0 unspecified atom stereocenters. The van der Waals surface area contributed by atoms with Crippen LogP contribution in [-0.4, -0.2) is 5.78 Å². The molecule has 27 heavy (non-hydrogen) atoms. The third-order valence-electron chi connectivity index (χ3n) is 4.44. The molecule has 0 saturated carbocycles. The van der Waals surface area contributed by atoms with Crippen LogP contribution in [0.5, 0.6) is 11.5 Å². The number of Topliss-reactive ketones (excluding diaryl/α,β-unsaturated/α-hetero) is 1. The summed E-state index contributed by atoms with van der Waals surface area (Å²) in [5, 5.41) is 0. The highest BCUT2D eigenvalue weighted by Crippen LogP contribution is 2.35. The fraction of sp³-hybridized carbons (Fsp3) is 0.0870. The van der Waals surface area contributed by atoms with Crippen molar-refractivity contribution >= 4 is 11.9 Å². The van der Waals surface area contributed by atoms with Crippen LogP contribution in [0.15, 0.2) is 72.5 Å². The van der Waals surface area contributed by atoms with E-state index in [0.717, 1.165) is 16.7 Å². The number of rotatable bonds is 4. The van der Waals surface area contributed by atoms with Crippen LogP contribution in [0, 0.1) is 12.7 Å². The Morgan fingerprint density at radius 2 is 1.81 bits per heavy atom. The summed E-state index contributed by atoms with van der Waals surface area (Å²) in [7, 11) is 0. The minimum atomic E-state index is -0.281. The third kappa shape index (κ3) is 3.60. The largest absolute Gasteiger partial charge is 0.489 e. The highest BCUT2D eigenvalue weighted by molar-refractivity contribution is 6.14. The average molecular weight is 360 g/mol. The molecule has 0 radical (unpaired) electrons. The van der Waals surface area contributed by atoms with E-state index in [1.54, 1.807) is 36.4 Å². The lowest BCUT2D eigenvalue weighted by molar-refractivity contribution is 0.101. The summed E-state index contributed by atoms with van der Waals surface area (Å²) >= 11 is 0. The van der Waals surface area contributed by atoms with E-state index in [0.29, 0.717) is 29.4 Å². The van der Waals surface area contributed by atoms with E-state index in [1.165, 1.54) is 12.1 Å². The molecular weight excluding hydrogens is 343 g/mol. The van der Waals surface area contributed by atoms with Gasteiger partial charge in [-0.2, -0.15) is 0 Å². The average Bonchev–Trinajstić information content (AvgIpc) is 2.98. The first-order valence-electron chi connectivity index (χ1n) is 8.61. The van der Waals surface area contributed by atoms with E-state index in [2.05, 4.69) is 0 Å². The van der Waals surface area contributed by atoms with Crippen molar-refractivity contribution in [3.05, 3.63) is 101 Å². The Bertz CT molecular complexity index is 1040. The van der Waals surface area contributed by atoms with Crippen LogP contribution >= 0.6 is 0 Å². The van der Waals surface area contributed by atoms with Crippen molar-refractivity contribution < 1.29 is 18.7 Å². The Labute approximate surface area is 156 Å². The van der Waals surface area contributed by atoms with Crippen molar-refractivity contribution in [1.82, 2.24) is 0 Å². The fourth-order valence-electron chi connectivity index (χ4n) is 2.89. The summed E-state index contributed by atoms with van der Waals surface area (Å²) in [6.07, 6.45) is 1.76. The molecule has 0 atom stereocenters. The molecule has 0 amide bonds. The minimum Gasteiger partial charge on any atom is -0.489 e. The van der Waals surface area contributed by atoms with Crippen molar-refractivity contribution in [1.29, 1.82) is 0 Å². The van der Waals surface area contributed by atoms with Gasteiger partial charge in [-0.15, -0.1) is 0 Å². The molecule has 0 fully saturated rings. The first kappa shape index (κ1) is 17.0. The highest BCUT2D eigenvalue weighted by Gasteiger charge is 2.27. The van der Waals surface area contributed by atoms with Gasteiger partial charge in [-0.05, 0) is 54.0 Å². The molecule has 3 nitrogen and oxygen atoms in total. The second kappa shape index (κ2) is 7.08. The van der Waals surface area contributed by atoms with Gasteiger partial charge < -0.3 is 9.47 Å². The third-order valence-corrected chi connectivity index (χ3v) is 4.44. The molecule has 3 aromatic rings. The predicted molar refractivity (Wildman–Crippen MR) is 101 cm³/mol. The monoisotopic (exact) mass is 360 g/mol. The molecule has 0 N–H and O–H groups in total. The Kier molecular flexibility index (Phi) is 4.47. The molecule has 134 valence electrons. The van der Waals surface area contributed by atoms with Gasteiger partial charge in [-0.25, -0.2) is 4.39 Å². The summed E-state index contributed by atoms with van der Waals surface area (Å²) in [5.74, 6) is 0.948. The van der Waals surface area contributed by atoms with Gasteiger partial charge in [0, 0.05) is 6.07 Å². The molecule has 1 aliphatic rings. The van der Waals surface area contributed by atoms with E-state index >= 15 is 0 Å². The van der Waals surface area contributed by atoms with Gasteiger partial charge in [0.15, 0.2) is 5.76 Å². The smallest absolute Gasteiger partial charge is 0.231 e. The molecular formula is C23H17FO3. The van der Waals surface area contributed by atoms with Gasteiger partial charge in [0.05, 0.1) is 5.56 Å². The number of carbonyl (C=O) groups excluding carboxylic acids is 1. The number of benzene rings is 3. The topological polar surface area (TPSA) is 35.5 Å². The second-order valence-electron chi connectivity index (χ2n) is 6.37. The Hall–Kier alpha value is -3.40. The lowest BCUT2D eigenvalue weighted by Crippen LogP contribution is -1.98. The fourth-order valence-corrected chi connectivity index (χ4v) is 2.89. The first-order chi connectivity index (χ1) is 13.1. The summed E-state index contributed by atoms with van der Waals surface area (Å²) in [6, 6.07) is 19.1. The lowest BCUT2D eigenvalue weighted by atomic mass is 10.1. The molecule has 0 spiro atoms. The molecule has 1 heterocycles. The summed E-state index contributed by atoms with van der Waals surface area (Å²) in [6.45, 7) is 2.29. The zero-order chi connectivity index (χ0) is 18.8. The van der Waals surface area contributed by atoms with E-state index in [4.69, 9.17) is 9.47 Å².